The van der Waals surface area contributed by atoms with Crippen molar-refractivity contribution in [3.05, 3.63) is 0 Å². The van der Waals surface area contributed by atoms with E-state index in [-0.39, 0.29) is 0 Å². The first kappa shape index (κ1) is 12.9. The second-order valence-corrected chi connectivity index (χ2v) is 3.39. The number of hydrogen-bond acceptors (Lipinski definition) is 2. The van der Waals surface area contributed by atoms with Crippen LogP contribution >= 0.6 is 11.8 Å². The third-order valence-corrected chi connectivity index (χ3v) is 1.77. The fraction of sp³-hybridized carbons (Fsp3) is 1.00. The van der Waals surface area contributed by atoms with Crippen LogP contribution in [0.1, 0.15) is 20.8 Å². The average molecular weight is 163 g/mol. The van der Waals surface area contributed by atoms with E-state index in [0.717, 1.165) is 0 Å². The zero-order chi connectivity index (χ0) is 8.41. The zero-order valence-electron chi connectivity index (χ0n) is 7.98. The third-order valence-electron chi connectivity index (χ3n) is 0.887. The van der Waals surface area contributed by atoms with Crippen molar-refractivity contribution in [1.29, 1.82) is 0 Å². The molecule has 10 heavy (non-hydrogen) atoms. The molecule has 0 fully saturated rings. The highest BCUT2D eigenvalue weighted by molar-refractivity contribution is 7.99. The van der Waals surface area contributed by atoms with Gasteiger partial charge in [-0.1, -0.05) is 20.8 Å². The van der Waals surface area contributed by atoms with E-state index in [1.807, 2.05) is 25.6 Å². The molecular weight excluding hydrogens is 142 g/mol. The van der Waals surface area contributed by atoms with Gasteiger partial charge in [-0.25, -0.2) is 0 Å². The fourth-order valence-corrected chi connectivity index (χ4v) is 1.17. The van der Waals surface area contributed by atoms with Crippen molar-refractivity contribution in [3.8, 4) is 0 Å². The van der Waals surface area contributed by atoms with Crippen LogP contribution in [0.5, 0.6) is 0 Å². The maximum absolute atomic E-state index is 2.21. The molecule has 0 saturated heterocycles. The molecule has 2 heteroatoms. The summed E-state index contributed by atoms with van der Waals surface area (Å²) < 4.78 is 0. The Hall–Kier alpha value is 0.310. The highest BCUT2D eigenvalue weighted by atomic mass is 32.2. The molecule has 0 unspecified atom stereocenters. The molecule has 0 aliphatic carbocycles. The van der Waals surface area contributed by atoms with Crippen LogP contribution in [0.3, 0.4) is 0 Å². The fourth-order valence-electron chi connectivity index (χ4n) is 0.391. The summed E-state index contributed by atoms with van der Waals surface area (Å²) >= 11 is 1.99. The summed E-state index contributed by atoms with van der Waals surface area (Å²) in [4.78, 5) is 2.21. The van der Waals surface area contributed by atoms with E-state index in [4.69, 9.17) is 0 Å². The van der Waals surface area contributed by atoms with Crippen molar-refractivity contribution < 1.29 is 0 Å². The lowest BCUT2D eigenvalue weighted by atomic mass is 10.7. The highest BCUT2D eigenvalue weighted by Crippen LogP contribution is 1.96. The summed E-state index contributed by atoms with van der Waals surface area (Å²) in [5.74, 6) is 2.51. The zero-order valence-corrected chi connectivity index (χ0v) is 8.79. The average Bonchev–Trinajstić information content (AvgIpc) is 1.92. The number of thioether (sulfide) groups is 1. The minimum absolute atomic E-state index is 1.21. The second-order valence-electron chi connectivity index (χ2n) is 2.00. The molecule has 1 nitrogen and oxygen atoms in total. The Labute approximate surface area is 70.2 Å². The van der Waals surface area contributed by atoms with E-state index in [1.165, 1.54) is 18.1 Å². The molecule has 0 radical (unpaired) electrons. The van der Waals surface area contributed by atoms with Gasteiger partial charge in [-0.05, 0) is 19.8 Å². The molecule has 0 aromatic heterocycles. The monoisotopic (exact) mass is 163 g/mol. The van der Waals surface area contributed by atoms with Crippen LogP contribution in [0.15, 0.2) is 0 Å². The van der Waals surface area contributed by atoms with Gasteiger partial charge in [0, 0.05) is 12.3 Å². The Morgan fingerprint density at radius 1 is 1.20 bits per heavy atom. The van der Waals surface area contributed by atoms with Gasteiger partial charge in [-0.3, -0.25) is 0 Å². The van der Waals surface area contributed by atoms with Crippen molar-refractivity contribution in [3.63, 3.8) is 0 Å². The topological polar surface area (TPSA) is 3.24 Å². The standard InChI is InChI=1S/C6H15NS.C2H6/c1-4-8-6-5-7(2)3;1-2/h4-6H2,1-3H3;1-2H3. The first-order chi connectivity index (χ1) is 4.77. The lowest BCUT2D eigenvalue weighted by molar-refractivity contribution is 0.437. The van der Waals surface area contributed by atoms with E-state index in [1.54, 1.807) is 0 Å². The summed E-state index contributed by atoms with van der Waals surface area (Å²) in [6, 6.07) is 0. The van der Waals surface area contributed by atoms with Crippen LogP contribution in [0, 0.1) is 0 Å². The molecule has 0 spiro atoms. The predicted molar refractivity (Wildman–Crippen MR) is 52.9 cm³/mol. The summed E-state index contributed by atoms with van der Waals surface area (Å²) in [7, 11) is 4.21. The van der Waals surface area contributed by atoms with Crippen molar-refractivity contribution in [1.82, 2.24) is 4.90 Å². The van der Waals surface area contributed by atoms with Crippen molar-refractivity contribution in [2.75, 3.05) is 32.1 Å². The summed E-state index contributed by atoms with van der Waals surface area (Å²) in [6.45, 7) is 7.40. The summed E-state index contributed by atoms with van der Waals surface area (Å²) in [5.41, 5.74) is 0. The van der Waals surface area contributed by atoms with Gasteiger partial charge in [0.15, 0.2) is 0 Å². The van der Waals surface area contributed by atoms with Gasteiger partial charge in [0.05, 0.1) is 0 Å². The third kappa shape index (κ3) is 15.7. The van der Waals surface area contributed by atoms with Crippen molar-refractivity contribution in [2.45, 2.75) is 20.8 Å². The van der Waals surface area contributed by atoms with Gasteiger partial charge in [-0.15, -0.1) is 0 Å². The number of rotatable bonds is 4. The smallest absolute Gasteiger partial charge is 0.00662 e. The predicted octanol–water partition coefficient (Wildman–Crippen LogP) is 2.33. The molecule has 0 heterocycles. The molecule has 0 aromatic rings. The normalized spacial score (nSPS) is 9.00. The molecular formula is C8H21NS. The van der Waals surface area contributed by atoms with Crippen LogP contribution in [-0.2, 0) is 0 Å². The van der Waals surface area contributed by atoms with Gasteiger partial charge < -0.3 is 4.90 Å². The molecule has 0 aliphatic heterocycles. The van der Waals surface area contributed by atoms with E-state index in [9.17, 15) is 0 Å². The van der Waals surface area contributed by atoms with Crippen LogP contribution < -0.4 is 0 Å². The van der Waals surface area contributed by atoms with Crippen LogP contribution in [0.2, 0.25) is 0 Å². The molecule has 0 bridgehead atoms. The Kier molecular flexibility index (Phi) is 15.6. The first-order valence-electron chi connectivity index (χ1n) is 4.00. The Balaban J connectivity index is 0. The highest BCUT2D eigenvalue weighted by Gasteiger charge is 1.86. The van der Waals surface area contributed by atoms with Gasteiger partial charge in [0.2, 0.25) is 0 Å². The SMILES string of the molecule is CC.CCSCCN(C)C. The lowest BCUT2D eigenvalue weighted by Crippen LogP contribution is -2.14. The summed E-state index contributed by atoms with van der Waals surface area (Å²) in [6.07, 6.45) is 0. The maximum Gasteiger partial charge on any atom is 0.00662 e. The molecule has 0 N–H and O–H groups in total. The Morgan fingerprint density at radius 3 is 2.00 bits per heavy atom. The Morgan fingerprint density at radius 2 is 1.70 bits per heavy atom. The molecule has 0 atom stereocenters. The molecule has 64 valence electrons. The second kappa shape index (κ2) is 12.0. The largest absolute Gasteiger partial charge is 0.309 e. The van der Waals surface area contributed by atoms with E-state index < -0.39 is 0 Å². The number of hydrogen-bond donors (Lipinski definition) is 0. The minimum atomic E-state index is 1.21. The van der Waals surface area contributed by atoms with E-state index >= 15 is 0 Å². The van der Waals surface area contributed by atoms with E-state index in [2.05, 4.69) is 25.9 Å². The van der Waals surface area contributed by atoms with Crippen LogP contribution in [0.25, 0.3) is 0 Å². The lowest BCUT2D eigenvalue weighted by Gasteiger charge is -2.06. The van der Waals surface area contributed by atoms with Crippen molar-refractivity contribution in [2.24, 2.45) is 0 Å². The van der Waals surface area contributed by atoms with Gasteiger partial charge >= 0.3 is 0 Å². The molecule has 0 saturated carbocycles. The van der Waals surface area contributed by atoms with Crippen LogP contribution in [-0.4, -0.2) is 37.0 Å². The molecule has 0 amide bonds. The maximum atomic E-state index is 2.21. The number of nitrogens with zero attached hydrogens (tertiary/aromatic N) is 1. The first-order valence-corrected chi connectivity index (χ1v) is 5.15. The van der Waals surface area contributed by atoms with Gasteiger partial charge in [0.1, 0.15) is 0 Å². The van der Waals surface area contributed by atoms with E-state index in [0.29, 0.717) is 0 Å². The van der Waals surface area contributed by atoms with Gasteiger partial charge in [0.25, 0.3) is 0 Å². The van der Waals surface area contributed by atoms with Crippen LogP contribution in [0.4, 0.5) is 0 Å². The molecule has 0 rings (SSSR count). The van der Waals surface area contributed by atoms with Crippen molar-refractivity contribution >= 4 is 11.8 Å². The van der Waals surface area contributed by atoms with Gasteiger partial charge in [-0.2, -0.15) is 11.8 Å². The molecule has 0 aliphatic rings. The quantitative estimate of drug-likeness (QED) is 0.585. The molecule has 0 aromatic carbocycles. The summed E-state index contributed by atoms with van der Waals surface area (Å²) in [5, 5.41) is 0. The minimum Gasteiger partial charge on any atom is -0.309 e. The Bertz CT molecular complexity index is 46.5.